The maximum absolute atomic E-state index is 6.02. The molecule has 1 aliphatic rings. The van der Waals surface area contributed by atoms with Gasteiger partial charge in [-0.25, -0.2) is 0 Å². The molecule has 1 N–H and O–H groups in total. The van der Waals surface area contributed by atoms with Crippen LogP contribution in [0, 0.1) is 0 Å². The third-order valence-corrected chi connectivity index (χ3v) is 4.82. The minimum absolute atomic E-state index is 0.160. The summed E-state index contributed by atoms with van der Waals surface area (Å²) in [4.78, 5) is 2.45. The van der Waals surface area contributed by atoms with E-state index in [9.17, 15) is 0 Å². The zero-order chi connectivity index (χ0) is 13.6. The minimum Gasteiger partial charge on any atom is -0.374 e. The van der Waals surface area contributed by atoms with Crippen molar-refractivity contribution in [3.05, 3.63) is 0 Å². The Morgan fingerprint density at radius 2 is 2.06 bits per heavy atom. The highest BCUT2D eigenvalue weighted by atomic mass is 35.5. The number of alkyl halides is 2. The Hall–Kier alpha value is 0.460. The largest absolute Gasteiger partial charge is 0.374 e. The second kappa shape index (κ2) is 7.91. The molecule has 18 heavy (non-hydrogen) atoms. The minimum atomic E-state index is -0.160. The quantitative estimate of drug-likeness (QED) is 0.730. The molecule has 1 aliphatic heterocycles. The molecule has 108 valence electrons. The maximum atomic E-state index is 6.02. The predicted octanol–water partition coefficient (Wildman–Crippen LogP) is 2.31. The zero-order valence-electron chi connectivity index (χ0n) is 11.7. The standard InChI is InChI=1S/C13H26Cl2N2O/c1-4-13(9-14,10-15)16-7-12-8-17(11(2)3)5-6-18-12/h11-12,16H,4-10H2,1-3H3. The van der Waals surface area contributed by atoms with E-state index in [0.717, 1.165) is 32.7 Å². The predicted molar refractivity (Wildman–Crippen MR) is 78.9 cm³/mol. The van der Waals surface area contributed by atoms with E-state index in [1.54, 1.807) is 0 Å². The number of rotatable bonds is 7. The number of hydrogen-bond acceptors (Lipinski definition) is 3. The molecule has 3 nitrogen and oxygen atoms in total. The van der Waals surface area contributed by atoms with E-state index in [0.29, 0.717) is 17.8 Å². The Labute approximate surface area is 121 Å². The van der Waals surface area contributed by atoms with Gasteiger partial charge in [0.2, 0.25) is 0 Å². The third kappa shape index (κ3) is 4.53. The summed E-state index contributed by atoms with van der Waals surface area (Å²) in [5.74, 6) is 1.07. The van der Waals surface area contributed by atoms with E-state index >= 15 is 0 Å². The van der Waals surface area contributed by atoms with E-state index in [1.807, 2.05) is 0 Å². The van der Waals surface area contributed by atoms with Crippen LogP contribution in [0.25, 0.3) is 0 Å². The van der Waals surface area contributed by atoms with Gasteiger partial charge < -0.3 is 10.1 Å². The van der Waals surface area contributed by atoms with E-state index in [2.05, 4.69) is 31.0 Å². The first-order valence-corrected chi connectivity index (χ1v) is 7.86. The van der Waals surface area contributed by atoms with Crippen molar-refractivity contribution < 1.29 is 4.74 Å². The van der Waals surface area contributed by atoms with E-state index in [1.165, 1.54) is 0 Å². The number of ether oxygens (including phenoxy) is 1. The molecule has 0 saturated carbocycles. The fraction of sp³-hybridized carbons (Fsp3) is 1.00. The fourth-order valence-corrected chi connectivity index (χ4v) is 2.96. The first-order chi connectivity index (χ1) is 8.56. The lowest BCUT2D eigenvalue weighted by Crippen LogP contribution is -2.55. The van der Waals surface area contributed by atoms with Gasteiger partial charge >= 0.3 is 0 Å². The summed E-state index contributed by atoms with van der Waals surface area (Å²) >= 11 is 12.0. The molecule has 0 bridgehead atoms. The van der Waals surface area contributed by atoms with Gasteiger partial charge in [-0.1, -0.05) is 6.92 Å². The molecule has 0 aromatic carbocycles. The number of nitrogens with one attached hydrogen (secondary N) is 1. The molecule has 1 heterocycles. The van der Waals surface area contributed by atoms with Crippen LogP contribution < -0.4 is 5.32 Å². The summed E-state index contributed by atoms with van der Waals surface area (Å²) in [7, 11) is 0. The van der Waals surface area contributed by atoms with E-state index < -0.39 is 0 Å². The summed E-state index contributed by atoms with van der Waals surface area (Å²) in [6.07, 6.45) is 1.17. The van der Waals surface area contributed by atoms with Crippen LogP contribution >= 0.6 is 23.2 Å². The Kier molecular flexibility index (Phi) is 7.25. The van der Waals surface area contributed by atoms with Gasteiger partial charge in [-0.15, -0.1) is 23.2 Å². The highest BCUT2D eigenvalue weighted by Crippen LogP contribution is 2.16. The van der Waals surface area contributed by atoms with Gasteiger partial charge in [0, 0.05) is 43.0 Å². The molecule has 1 fully saturated rings. The van der Waals surface area contributed by atoms with Crippen LogP contribution in [-0.2, 0) is 4.74 Å². The Morgan fingerprint density at radius 3 is 2.56 bits per heavy atom. The van der Waals surface area contributed by atoms with Gasteiger partial charge in [0.25, 0.3) is 0 Å². The van der Waals surface area contributed by atoms with Gasteiger partial charge in [0.15, 0.2) is 0 Å². The monoisotopic (exact) mass is 296 g/mol. The number of halogens is 2. The first-order valence-electron chi connectivity index (χ1n) is 6.79. The summed E-state index contributed by atoms with van der Waals surface area (Å²) in [6, 6.07) is 0.577. The molecule has 1 unspecified atom stereocenters. The summed E-state index contributed by atoms with van der Waals surface area (Å²) < 4.78 is 5.80. The van der Waals surface area contributed by atoms with Crippen LogP contribution in [-0.4, -0.2) is 60.6 Å². The molecule has 5 heteroatoms. The first kappa shape index (κ1) is 16.5. The Balaban J connectivity index is 2.42. The van der Waals surface area contributed by atoms with Crippen LogP contribution in [0.2, 0.25) is 0 Å². The Morgan fingerprint density at radius 1 is 1.39 bits per heavy atom. The molecule has 1 atom stereocenters. The van der Waals surface area contributed by atoms with Crippen LogP contribution in [0.5, 0.6) is 0 Å². The molecule has 0 amide bonds. The van der Waals surface area contributed by atoms with Crippen LogP contribution in [0.3, 0.4) is 0 Å². The molecule has 1 rings (SSSR count). The highest BCUT2D eigenvalue weighted by molar-refractivity contribution is 6.22. The van der Waals surface area contributed by atoms with Gasteiger partial charge in [0.1, 0.15) is 0 Å². The smallest absolute Gasteiger partial charge is 0.0827 e. The SMILES string of the molecule is CCC(CCl)(CCl)NCC1CN(C(C)C)CCO1. The van der Waals surface area contributed by atoms with E-state index in [4.69, 9.17) is 27.9 Å². The summed E-state index contributed by atoms with van der Waals surface area (Å²) in [5.41, 5.74) is -0.160. The second-order valence-electron chi connectivity index (χ2n) is 5.36. The molecular weight excluding hydrogens is 271 g/mol. The number of hydrogen-bond donors (Lipinski definition) is 1. The lowest BCUT2D eigenvalue weighted by molar-refractivity contribution is -0.0394. The topological polar surface area (TPSA) is 24.5 Å². The molecule has 0 radical (unpaired) electrons. The van der Waals surface area contributed by atoms with Gasteiger partial charge in [-0.3, -0.25) is 4.90 Å². The third-order valence-electron chi connectivity index (χ3n) is 3.79. The average molecular weight is 297 g/mol. The number of nitrogens with zero attached hydrogens (tertiary/aromatic N) is 1. The van der Waals surface area contributed by atoms with Crippen molar-refractivity contribution in [1.29, 1.82) is 0 Å². The van der Waals surface area contributed by atoms with Crippen molar-refractivity contribution in [2.24, 2.45) is 0 Å². The lowest BCUT2D eigenvalue weighted by atomic mass is 10.0. The normalized spacial score (nSPS) is 22.7. The van der Waals surface area contributed by atoms with Crippen LogP contribution in [0.4, 0.5) is 0 Å². The van der Waals surface area contributed by atoms with Crippen molar-refractivity contribution in [3.8, 4) is 0 Å². The molecule has 0 aliphatic carbocycles. The van der Waals surface area contributed by atoms with Crippen LogP contribution in [0.1, 0.15) is 27.2 Å². The van der Waals surface area contributed by atoms with E-state index in [-0.39, 0.29) is 11.6 Å². The fourth-order valence-electron chi connectivity index (χ4n) is 2.11. The molecular formula is C13H26Cl2N2O. The van der Waals surface area contributed by atoms with Crippen molar-refractivity contribution >= 4 is 23.2 Å². The van der Waals surface area contributed by atoms with Crippen molar-refractivity contribution in [3.63, 3.8) is 0 Å². The molecule has 0 spiro atoms. The second-order valence-corrected chi connectivity index (χ2v) is 5.90. The molecule has 1 saturated heterocycles. The summed E-state index contributed by atoms with van der Waals surface area (Å²) in [6.45, 7) is 10.2. The van der Waals surface area contributed by atoms with Gasteiger partial charge in [-0.05, 0) is 20.3 Å². The lowest BCUT2D eigenvalue weighted by Gasteiger charge is -2.38. The number of morpholine rings is 1. The van der Waals surface area contributed by atoms with Crippen LogP contribution in [0.15, 0.2) is 0 Å². The maximum Gasteiger partial charge on any atom is 0.0827 e. The van der Waals surface area contributed by atoms with Gasteiger partial charge in [-0.2, -0.15) is 0 Å². The average Bonchev–Trinajstić information content (AvgIpc) is 2.41. The van der Waals surface area contributed by atoms with Gasteiger partial charge in [0.05, 0.1) is 12.7 Å². The molecule has 0 aromatic heterocycles. The Bertz CT molecular complexity index is 227. The highest BCUT2D eigenvalue weighted by Gasteiger charge is 2.28. The van der Waals surface area contributed by atoms with Crippen molar-refractivity contribution in [2.75, 3.05) is 38.0 Å². The summed E-state index contributed by atoms with van der Waals surface area (Å²) in [5, 5.41) is 3.50. The van der Waals surface area contributed by atoms with Crippen molar-refractivity contribution in [2.45, 2.75) is 44.9 Å². The molecule has 0 aromatic rings. The van der Waals surface area contributed by atoms with Crippen molar-refractivity contribution in [1.82, 2.24) is 10.2 Å². The zero-order valence-corrected chi connectivity index (χ0v) is 13.2.